The van der Waals surface area contributed by atoms with E-state index >= 15 is 0 Å². The van der Waals surface area contributed by atoms with Gasteiger partial charge in [-0.05, 0) is 36.1 Å². The lowest BCUT2D eigenvalue weighted by atomic mass is 10.1. The molecule has 1 aliphatic rings. The Bertz CT molecular complexity index is 780. The standard InChI is InChI=1S/C18H13F6NO/c19-17(20,21)11-6-12(18(22,23)24)8-13(7-11)25-16(26)15-9-14(15)10-4-2-1-3-5-10/h1-8,14-15H,9H2,(H,25,26). The molecule has 2 unspecified atom stereocenters. The Balaban J connectivity index is 1.80. The molecule has 2 nitrogen and oxygen atoms in total. The van der Waals surface area contributed by atoms with Crippen molar-refractivity contribution in [2.75, 3.05) is 5.32 Å². The number of halogens is 6. The highest BCUT2D eigenvalue weighted by Gasteiger charge is 2.44. The molecule has 2 aromatic rings. The fraction of sp³-hybridized carbons (Fsp3) is 0.278. The number of carbonyl (C=O) groups excluding carboxylic acids is 1. The van der Waals surface area contributed by atoms with Crippen LogP contribution in [0, 0.1) is 5.92 Å². The normalized spacial score (nSPS) is 19.9. The third-order valence-corrected chi connectivity index (χ3v) is 4.21. The Kier molecular flexibility index (Phi) is 4.46. The predicted molar refractivity (Wildman–Crippen MR) is 82.4 cm³/mol. The first-order valence-corrected chi connectivity index (χ1v) is 7.71. The number of rotatable bonds is 3. The van der Waals surface area contributed by atoms with Crippen molar-refractivity contribution in [3.05, 3.63) is 65.2 Å². The van der Waals surface area contributed by atoms with Gasteiger partial charge >= 0.3 is 12.4 Å². The number of benzene rings is 2. The first-order valence-electron chi connectivity index (χ1n) is 7.71. The van der Waals surface area contributed by atoms with Gasteiger partial charge in [-0.15, -0.1) is 0 Å². The van der Waals surface area contributed by atoms with E-state index in [1.807, 2.05) is 18.2 Å². The van der Waals surface area contributed by atoms with Gasteiger partial charge in [-0.3, -0.25) is 4.79 Å². The quantitative estimate of drug-likeness (QED) is 0.711. The monoisotopic (exact) mass is 373 g/mol. The van der Waals surface area contributed by atoms with Crippen molar-refractivity contribution in [1.82, 2.24) is 0 Å². The summed E-state index contributed by atoms with van der Waals surface area (Å²) in [4.78, 5) is 12.2. The van der Waals surface area contributed by atoms with E-state index in [0.29, 0.717) is 18.6 Å². The van der Waals surface area contributed by atoms with Crippen molar-refractivity contribution in [2.45, 2.75) is 24.7 Å². The minimum atomic E-state index is -4.95. The minimum Gasteiger partial charge on any atom is -0.326 e. The highest BCUT2D eigenvalue weighted by Crippen LogP contribution is 2.48. The van der Waals surface area contributed by atoms with Crippen molar-refractivity contribution >= 4 is 11.6 Å². The Labute approximate surface area is 144 Å². The third kappa shape index (κ3) is 4.00. The SMILES string of the molecule is O=C(Nc1cc(C(F)(F)F)cc(C(F)(F)F)c1)C1CC1c1ccccc1. The van der Waals surface area contributed by atoms with Gasteiger partial charge in [0.25, 0.3) is 0 Å². The number of hydrogen-bond acceptors (Lipinski definition) is 1. The number of alkyl halides is 6. The molecule has 1 saturated carbocycles. The van der Waals surface area contributed by atoms with Crippen molar-refractivity contribution in [2.24, 2.45) is 5.92 Å². The molecule has 0 spiro atoms. The topological polar surface area (TPSA) is 29.1 Å². The van der Waals surface area contributed by atoms with E-state index in [1.54, 1.807) is 12.1 Å². The zero-order valence-electron chi connectivity index (χ0n) is 13.2. The first kappa shape index (κ1) is 18.3. The summed E-state index contributed by atoms with van der Waals surface area (Å²) in [5.41, 5.74) is -2.53. The molecule has 1 aliphatic carbocycles. The van der Waals surface area contributed by atoms with Crippen LogP contribution < -0.4 is 5.32 Å². The molecule has 0 aromatic heterocycles. The van der Waals surface area contributed by atoms with Gasteiger partial charge in [-0.25, -0.2) is 0 Å². The van der Waals surface area contributed by atoms with Gasteiger partial charge in [-0.2, -0.15) is 26.3 Å². The number of hydrogen-bond donors (Lipinski definition) is 1. The second kappa shape index (κ2) is 6.34. The van der Waals surface area contributed by atoms with E-state index in [9.17, 15) is 31.1 Å². The maximum Gasteiger partial charge on any atom is 0.416 e. The molecule has 1 N–H and O–H groups in total. The number of nitrogens with one attached hydrogen (secondary N) is 1. The van der Waals surface area contributed by atoms with Crippen LogP contribution in [0.1, 0.15) is 29.0 Å². The van der Waals surface area contributed by atoms with E-state index in [2.05, 4.69) is 5.32 Å². The lowest BCUT2D eigenvalue weighted by molar-refractivity contribution is -0.143. The van der Waals surface area contributed by atoms with Crippen LogP contribution in [-0.2, 0) is 17.1 Å². The summed E-state index contributed by atoms with van der Waals surface area (Å²) in [5, 5.41) is 2.19. The molecule has 1 fully saturated rings. The van der Waals surface area contributed by atoms with Crippen LogP contribution in [0.3, 0.4) is 0 Å². The number of anilines is 1. The van der Waals surface area contributed by atoms with Crippen LogP contribution in [0.2, 0.25) is 0 Å². The van der Waals surface area contributed by atoms with Crippen molar-refractivity contribution in [3.63, 3.8) is 0 Å². The zero-order chi connectivity index (χ0) is 19.1. The second-order valence-electron chi connectivity index (χ2n) is 6.14. The van der Waals surface area contributed by atoms with Crippen LogP contribution in [0.15, 0.2) is 48.5 Å². The van der Waals surface area contributed by atoms with Crippen molar-refractivity contribution < 1.29 is 31.1 Å². The molecule has 1 amide bonds. The Hall–Kier alpha value is -2.51. The highest BCUT2D eigenvalue weighted by atomic mass is 19.4. The fourth-order valence-electron chi connectivity index (χ4n) is 2.82. The molecule has 2 aromatic carbocycles. The van der Waals surface area contributed by atoms with Crippen LogP contribution in [0.5, 0.6) is 0 Å². The maximum atomic E-state index is 12.8. The largest absolute Gasteiger partial charge is 0.416 e. The molecule has 0 aliphatic heterocycles. The molecule has 0 bridgehead atoms. The van der Waals surface area contributed by atoms with E-state index in [4.69, 9.17) is 0 Å². The Morgan fingerprint density at radius 1 is 0.885 bits per heavy atom. The van der Waals surface area contributed by atoms with E-state index in [-0.39, 0.29) is 12.0 Å². The van der Waals surface area contributed by atoms with E-state index in [1.165, 1.54) is 0 Å². The van der Waals surface area contributed by atoms with Crippen LogP contribution in [0.25, 0.3) is 0 Å². The molecule has 8 heteroatoms. The number of amides is 1. The summed E-state index contributed by atoms with van der Waals surface area (Å²) in [6.45, 7) is 0. The van der Waals surface area contributed by atoms with Crippen LogP contribution in [0.4, 0.5) is 32.0 Å². The van der Waals surface area contributed by atoms with Gasteiger partial charge in [0, 0.05) is 11.6 Å². The van der Waals surface area contributed by atoms with Crippen molar-refractivity contribution in [3.8, 4) is 0 Å². The van der Waals surface area contributed by atoms with Gasteiger partial charge in [0.15, 0.2) is 0 Å². The summed E-state index contributed by atoms with van der Waals surface area (Å²) in [6.07, 6.45) is -9.40. The Morgan fingerprint density at radius 2 is 1.42 bits per heavy atom. The first-order chi connectivity index (χ1) is 12.1. The molecule has 138 valence electrons. The van der Waals surface area contributed by atoms with Crippen LogP contribution >= 0.6 is 0 Å². The average Bonchev–Trinajstić information content (AvgIpc) is 3.34. The Morgan fingerprint density at radius 3 is 1.92 bits per heavy atom. The smallest absolute Gasteiger partial charge is 0.326 e. The summed E-state index contributed by atoms with van der Waals surface area (Å²) >= 11 is 0. The molecular weight excluding hydrogens is 360 g/mol. The average molecular weight is 373 g/mol. The third-order valence-electron chi connectivity index (χ3n) is 4.21. The molecule has 0 radical (unpaired) electrons. The van der Waals surface area contributed by atoms with Gasteiger partial charge in [0.1, 0.15) is 0 Å². The molecule has 26 heavy (non-hydrogen) atoms. The van der Waals surface area contributed by atoms with Crippen molar-refractivity contribution in [1.29, 1.82) is 0 Å². The molecule has 0 saturated heterocycles. The highest BCUT2D eigenvalue weighted by molar-refractivity contribution is 5.95. The van der Waals surface area contributed by atoms with Gasteiger partial charge in [-0.1, -0.05) is 30.3 Å². The minimum absolute atomic E-state index is 0.0273. The van der Waals surface area contributed by atoms with E-state index < -0.39 is 41.0 Å². The zero-order valence-corrected chi connectivity index (χ0v) is 13.2. The summed E-state index contributed by atoms with van der Waals surface area (Å²) in [7, 11) is 0. The van der Waals surface area contributed by atoms with Gasteiger partial charge in [0.2, 0.25) is 5.91 Å². The summed E-state index contributed by atoms with van der Waals surface area (Å²) in [5.74, 6) is -1.14. The predicted octanol–water partition coefficient (Wildman–Crippen LogP) is 5.47. The lowest BCUT2D eigenvalue weighted by Gasteiger charge is -2.14. The van der Waals surface area contributed by atoms with E-state index in [0.717, 1.165) is 5.56 Å². The second-order valence-corrected chi connectivity index (χ2v) is 6.14. The molecule has 3 rings (SSSR count). The maximum absolute atomic E-state index is 12.8. The molecular formula is C18H13F6NO. The molecule has 0 heterocycles. The lowest BCUT2D eigenvalue weighted by Crippen LogP contribution is -2.17. The van der Waals surface area contributed by atoms with Crippen LogP contribution in [-0.4, -0.2) is 5.91 Å². The molecule has 2 atom stereocenters. The van der Waals surface area contributed by atoms with Gasteiger partial charge < -0.3 is 5.32 Å². The summed E-state index contributed by atoms with van der Waals surface area (Å²) in [6, 6.07) is 10.1. The fourth-order valence-corrected chi connectivity index (χ4v) is 2.82. The van der Waals surface area contributed by atoms with Gasteiger partial charge in [0.05, 0.1) is 11.1 Å². The number of carbonyl (C=O) groups is 1. The summed E-state index contributed by atoms with van der Waals surface area (Å²) < 4.78 is 77.1.